The molecule has 3 rings (SSSR count). The van der Waals surface area contributed by atoms with Gasteiger partial charge in [-0.2, -0.15) is 4.98 Å². The molecule has 96 valence electrons. The lowest BCUT2D eigenvalue weighted by Gasteiger charge is -1.91. The average Bonchev–Trinajstić information content (AvgIpc) is 2.95. The van der Waals surface area contributed by atoms with Crippen molar-refractivity contribution in [3.05, 3.63) is 29.9 Å². The van der Waals surface area contributed by atoms with Gasteiger partial charge >= 0.3 is 23.8 Å². The second-order valence-corrected chi connectivity index (χ2v) is 3.53. The van der Waals surface area contributed by atoms with E-state index in [2.05, 4.69) is 20.5 Å². The largest absolute Gasteiger partial charge is 0.423 e. The Balaban J connectivity index is 1.89. The first-order valence-electron chi connectivity index (χ1n) is 5.08. The zero-order valence-electron chi connectivity index (χ0n) is 9.25. The van der Waals surface area contributed by atoms with Gasteiger partial charge in [0.1, 0.15) is 11.3 Å². The number of fused-ring (bicyclic) bond motifs is 1. The van der Waals surface area contributed by atoms with Gasteiger partial charge in [-0.25, -0.2) is 4.39 Å². The Bertz CT molecular complexity index is 765. The fraction of sp³-hybridized carbons (Fsp3) is 0. The molecule has 1 aromatic carbocycles. The minimum atomic E-state index is -0.847. The molecule has 3 N–H and O–H groups in total. The van der Waals surface area contributed by atoms with Crippen LogP contribution in [0.1, 0.15) is 10.7 Å². The van der Waals surface area contributed by atoms with Gasteiger partial charge in [0.05, 0.1) is 0 Å². The number of oxazole rings is 1. The fourth-order valence-electron chi connectivity index (χ4n) is 1.42. The van der Waals surface area contributed by atoms with Crippen LogP contribution < -0.4 is 11.1 Å². The molecule has 3 aromatic rings. The molecule has 0 aliphatic carbocycles. The number of anilines is 2. The third-order valence-corrected chi connectivity index (χ3v) is 2.20. The van der Waals surface area contributed by atoms with Crippen LogP contribution in [-0.4, -0.2) is 21.1 Å². The van der Waals surface area contributed by atoms with Crippen LogP contribution in [0, 0.1) is 5.82 Å². The highest BCUT2D eigenvalue weighted by Crippen LogP contribution is 2.22. The molecule has 0 radical (unpaired) electrons. The van der Waals surface area contributed by atoms with E-state index in [9.17, 15) is 9.18 Å². The first kappa shape index (κ1) is 11.1. The first-order chi connectivity index (χ1) is 9.11. The molecule has 0 bridgehead atoms. The number of nitrogens with two attached hydrogens (primary N) is 1. The van der Waals surface area contributed by atoms with Crippen molar-refractivity contribution < 1.29 is 18.0 Å². The quantitative estimate of drug-likeness (QED) is 0.728. The number of hydrogen-bond donors (Lipinski definition) is 2. The van der Waals surface area contributed by atoms with Gasteiger partial charge in [0.15, 0.2) is 5.58 Å². The summed E-state index contributed by atoms with van der Waals surface area (Å²) in [6.45, 7) is 0. The van der Waals surface area contributed by atoms with Gasteiger partial charge < -0.3 is 14.6 Å². The maximum absolute atomic E-state index is 13.0. The second-order valence-electron chi connectivity index (χ2n) is 3.53. The van der Waals surface area contributed by atoms with E-state index < -0.39 is 11.7 Å². The van der Waals surface area contributed by atoms with E-state index in [0.29, 0.717) is 5.52 Å². The van der Waals surface area contributed by atoms with Gasteiger partial charge in [0.25, 0.3) is 0 Å². The van der Waals surface area contributed by atoms with Gasteiger partial charge in [0, 0.05) is 6.07 Å². The zero-order valence-corrected chi connectivity index (χ0v) is 9.25. The van der Waals surface area contributed by atoms with E-state index in [1.807, 2.05) is 0 Å². The van der Waals surface area contributed by atoms with Crippen molar-refractivity contribution >= 4 is 29.0 Å². The molecular weight excluding hydrogens is 257 g/mol. The third kappa shape index (κ3) is 2.08. The molecule has 0 saturated heterocycles. The van der Waals surface area contributed by atoms with Crippen molar-refractivity contribution in [3.8, 4) is 0 Å². The highest BCUT2D eigenvalue weighted by Gasteiger charge is 2.13. The molecule has 0 spiro atoms. The summed E-state index contributed by atoms with van der Waals surface area (Å²) in [5.74, 6) is -1.63. The van der Waals surface area contributed by atoms with Gasteiger partial charge in [-0.15, -0.1) is 5.10 Å². The van der Waals surface area contributed by atoms with Crippen molar-refractivity contribution in [1.82, 2.24) is 15.2 Å². The van der Waals surface area contributed by atoms with Gasteiger partial charge in [-0.05, 0) is 12.1 Å². The summed E-state index contributed by atoms with van der Waals surface area (Å²) in [7, 11) is 0. The van der Waals surface area contributed by atoms with E-state index in [1.54, 1.807) is 0 Å². The Morgan fingerprint density at radius 3 is 2.84 bits per heavy atom. The lowest BCUT2D eigenvalue weighted by atomic mass is 10.3. The number of carbonyl (C=O) groups is 1. The summed E-state index contributed by atoms with van der Waals surface area (Å²) in [6.07, 6.45) is 0. The number of nitrogens with one attached hydrogen (secondary N) is 1. The molecule has 0 aliphatic rings. The SMILES string of the molecule is NC(=O)c1nnc(Nc2nc3ccc(F)cc3o2)o1. The maximum Gasteiger partial charge on any atom is 0.324 e. The molecule has 0 fully saturated rings. The molecule has 8 nitrogen and oxygen atoms in total. The van der Waals surface area contributed by atoms with Crippen LogP contribution in [0.4, 0.5) is 16.4 Å². The Kier molecular flexibility index (Phi) is 2.37. The van der Waals surface area contributed by atoms with Crippen LogP contribution in [0.2, 0.25) is 0 Å². The summed E-state index contributed by atoms with van der Waals surface area (Å²) in [6, 6.07) is 3.83. The van der Waals surface area contributed by atoms with Crippen LogP contribution in [-0.2, 0) is 0 Å². The Hall–Kier alpha value is -2.97. The summed E-state index contributed by atoms with van der Waals surface area (Å²) < 4.78 is 23.1. The van der Waals surface area contributed by atoms with Gasteiger partial charge in [-0.1, -0.05) is 5.10 Å². The summed E-state index contributed by atoms with van der Waals surface area (Å²) in [4.78, 5) is 14.8. The molecule has 9 heteroatoms. The normalized spacial score (nSPS) is 10.8. The predicted molar refractivity (Wildman–Crippen MR) is 60.1 cm³/mol. The fourth-order valence-corrected chi connectivity index (χ4v) is 1.42. The number of carbonyl (C=O) groups excluding carboxylic acids is 1. The molecule has 0 aliphatic heterocycles. The molecule has 0 saturated carbocycles. The van der Waals surface area contributed by atoms with Crippen LogP contribution in [0.3, 0.4) is 0 Å². The molecule has 0 unspecified atom stereocenters. The van der Waals surface area contributed by atoms with Crippen LogP contribution >= 0.6 is 0 Å². The number of hydrogen-bond acceptors (Lipinski definition) is 7. The minimum absolute atomic E-state index is 0.0280. The smallest absolute Gasteiger partial charge is 0.324 e. The highest BCUT2D eigenvalue weighted by molar-refractivity contribution is 5.87. The summed E-state index contributed by atoms with van der Waals surface area (Å²) in [5, 5.41) is 9.45. The van der Waals surface area contributed by atoms with Crippen LogP contribution in [0.5, 0.6) is 0 Å². The Morgan fingerprint density at radius 2 is 2.11 bits per heavy atom. The van der Waals surface area contributed by atoms with Crippen LogP contribution in [0.15, 0.2) is 27.0 Å². The molecule has 2 heterocycles. The number of aromatic nitrogens is 3. The first-order valence-corrected chi connectivity index (χ1v) is 5.08. The lowest BCUT2D eigenvalue weighted by molar-refractivity contribution is 0.0968. The summed E-state index contributed by atoms with van der Waals surface area (Å²) in [5.41, 5.74) is 5.67. The predicted octanol–water partition coefficient (Wildman–Crippen LogP) is 1.19. The van der Waals surface area contributed by atoms with Crippen molar-refractivity contribution in [1.29, 1.82) is 0 Å². The number of amides is 1. The maximum atomic E-state index is 13.0. The zero-order chi connectivity index (χ0) is 13.4. The van der Waals surface area contributed by atoms with Crippen molar-refractivity contribution in [3.63, 3.8) is 0 Å². The number of rotatable bonds is 3. The molecule has 1 amide bonds. The monoisotopic (exact) mass is 263 g/mol. The summed E-state index contributed by atoms with van der Waals surface area (Å²) >= 11 is 0. The van der Waals surface area contributed by atoms with E-state index in [-0.39, 0.29) is 23.5 Å². The number of primary amides is 1. The average molecular weight is 263 g/mol. The number of halogens is 1. The molecule has 0 atom stereocenters. The molecular formula is C10H6FN5O3. The van der Waals surface area contributed by atoms with Gasteiger partial charge in [-0.3, -0.25) is 10.1 Å². The Morgan fingerprint density at radius 1 is 1.26 bits per heavy atom. The topological polar surface area (TPSA) is 120 Å². The number of benzene rings is 1. The minimum Gasteiger partial charge on any atom is -0.423 e. The second kappa shape index (κ2) is 4.05. The van der Waals surface area contributed by atoms with E-state index in [1.165, 1.54) is 18.2 Å². The van der Waals surface area contributed by atoms with E-state index in [0.717, 1.165) is 0 Å². The van der Waals surface area contributed by atoms with E-state index >= 15 is 0 Å². The highest BCUT2D eigenvalue weighted by atomic mass is 19.1. The van der Waals surface area contributed by atoms with Crippen LogP contribution in [0.25, 0.3) is 11.1 Å². The van der Waals surface area contributed by atoms with Crippen molar-refractivity contribution in [2.45, 2.75) is 0 Å². The number of nitrogens with zero attached hydrogens (tertiary/aromatic N) is 3. The van der Waals surface area contributed by atoms with Crippen molar-refractivity contribution in [2.75, 3.05) is 5.32 Å². The lowest BCUT2D eigenvalue weighted by Crippen LogP contribution is -2.10. The molecule has 2 aromatic heterocycles. The standard InChI is InChI=1S/C10H6FN5O3/c11-4-1-2-5-6(3-4)18-9(13-5)14-10-16-15-8(19-10)7(12)17/h1-3H,(H2,12,17)(H,13,14,16). The van der Waals surface area contributed by atoms with Crippen molar-refractivity contribution in [2.24, 2.45) is 5.73 Å². The Labute approximate surface area is 104 Å². The van der Waals surface area contributed by atoms with Gasteiger partial charge in [0.2, 0.25) is 0 Å². The van der Waals surface area contributed by atoms with E-state index in [4.69, 9.17) is 14.6 Å². The molecule has 19 heavy (non-hydrogen) atoms. The third-order valence-electron chi connectivity index (χ3n) is 2.20.